The van der Waals surface area contributed by atoms with Gasteiger partial charge in [-0.25, -0.2) is 0 Å². The Balaban J connectivity index is 0.896. The molecular weight excluding hydrogens is 540 g/mol. The normalized spacial score (nSPS) is 12.9. The van der Waals surface area contributed by atoms with Crippen molar-refractivity contribution in [2.75, 3.05) is 13.1 Å². The maximum atomic E-state index is 12.7. The lowest BCUT2D eigenvalue weighted by Crippen LogP contribution is -2.17. The highest BCUT2D eigenvalue weighted by Crippen LogP contribution is 2.29. The van der Waals surface area contributed by atoms with Gasteiger partial charge >= 0.3 is 0 Å². The highest BCUT2D eigenvalue weighted by molar-refractivity contribution is 6.17. The fraction of sp³-hybridized carbons (Fsp3) is 0.300. The summed E-state index contributed by atoms with van der Waals surface area (Å²) in [5, 5.41) is 0. The summed E-state index contributed by atoms with van der Waals surface area (Å²) in [6, 6.07) is 33.5. The van der Waals surface area contributed by atoms with Crippen LogP contribution in [0.4, 0.5) is 0 Å². The highest BCUT2D eigenvalue weighted by Gasteiger charge is 2.22. The molecular formula is C40H40N2O2. The van der Waals surface area contributed by atoms with Crippen LogP contribution in [0.25, 0.3) is 0 Å². The first kappa shape index (κ1) is 29.6. The van der Waals surface area contributed by atoms with Gasteiger partial charge in [-0.3, -0.25) is 19.6 Å². The molecule has 0 saturated carbocycles. The van der Waals surface area contributed by atoms with Crippen LogP contribution in [-0.4, -0.2) is 36.1 Å². The number of rotatable bonds is 13. The molecule has 0 spiro atoms. The first-order valence-corrected chi connectivity index (χ1v) is 16.1. The Morgan fingerprint density at radius 2 is 0.727 bits per heavy atom. The number of nitrogens with zero attached hydrogens (tertiary/aromatic N) is 2. The average molecular weight is 581 g/mol. The van der Waals surface area contributed by atoms with Crippen LogP contribution in [0.1, 0.15) is 95.9 Å². The van der Waals surface area contributed by atoms with Gasteiger partial charge < -0.3 is 0 Å². The van der Waals surface area contributed by atoms with Crippen molar-refractivity contribution in [3.05, 3.63) is 142 Å². The van der Waals surface area contributed by atoms with Crippen molar-refractivity contribution < 1.29 is 9.59 Å². The summed E-state index contributed by atoms with van der Waals surface area (Å²) in [7, 11) is 0. The molecule has 0 heterocycles. The van der Waals surface area contributed by atoms with E-state index in [1.54, 1.807) is 0 Å². The number of hydrogen-bond donors (Lipinski definition) is 0. The van der Waals surface area contributed by atoms with Gasteiger partial charge in [-0.15, -0.1) is 0 Å². The molecule has 4 nitrogen and oxygen atoms in total. The van der Waals surface area contributed by atoms with Gasteiger partial charge in [-0.2, -0.15) is 0 Å². The number of Topliss-reactive ketones (excluding diaryl/α,β-unsaturated/α-hetero) is 2. The molecule has 44 heavy (non-hydrogen) atoms. The maximum Gasteiger partial charge on any atom is 0.154 e. The monoisotopic (exact) mass is 580 g/mol. The zero-order chi connectivity index (χ0) is 30.1. The largest absolute Gasteiger partial charge is 0.298 e. The van der Waals surface area contributed by atoms with Crippen LogP contribution in [-0.2, 0) is 22.4 Å². The SMILES string of the molecule is O=C(CCCCCCCCC(=O)CN=C1c2ccccc2Cc2ccccc21)CN=C1c2ccccc2Cc2ccccc21. The Morgan fingerprint density at radius 3 is 1.07 bits per heavy atom. The lowest BCUT2D eigenvalue weighted by molar-refractivity contribution is -0.118. The molecule has 0 bridgehead atoms. The van der Waals surface area contributed by atoms with Crippen molar-refractivity contribution in [3.8, 4) is 0 Å². The molecule has 2 aliphatic rings. The van der Waals surface area contributed by atoms with Gasteiger partial charge in [-0.05, 0) is 47.9 Å². The lowest BCUT2D eigenvalue weighted by atomic mass is 9.84. The van der Waals surface area contributed by atoms with E-state index >= 15 is 0 Å². The van der Waals surface area contributed by atoms with Gasteiger partial charge in [0.15, 0.2) is 11.6 Å². The van der Waals surface area contributed by atoms with Crippen molar-refractivity contribution in [3.63, 3.8) is 0 Å². The molecule has 6 rings (SSSR count). The number of benzene rings is 4. The van der Waals surface area contributed by atoms with Gasteiger partial charge in [0.05, 0.1) is 24.5 Å². The van der Waals surface area contributed by atoms with Crippen molar-refractivity contribution in [1.82, 2.24) is 0 Å². The van der Waals surface area contributed by atoms with E-state index in [4.69, 9.17) is 9.98 Å². The van der Waals surface area contributed by atoms with Gasteiger partial charge in [0.2, 0.25) is 0 Å². The van der Waals surface area contributed by atoms with Crippen molar-refractivity contribution >= 4 is 23.0 Å². The van der Waals surface area contributed by atoms with E-state index in [0.717, 1.165) is 85.0 Å². The molecule has 0 amide bonds. The van der Waals surface area contributed by atoms with E-state index in [2.05, 4.69) is 72.8 Å². The van der Waals surface area contributed by atoms with Gasteiger partial charge in [0.25, 0.3) is 0 Å². The molecule has 0 aromatic heterocycles. The second-order valence-electron chi connectivity index (χ2n) is 12.0. The molecule has 222 valence electrons. The standard InChI is InChI=1S/C40H40N2O2/c43-33(27-41-39-35-21-11-7-15-29(35)25-30-16-8-12-22-36(30)39)19-5-3-1-2-4-6-20-34(44)28-42-40-37-23-13-9-17-31(37)26-32-18-10-14-24-38(32)40/h7-18,21-24H,1-6,19-20,25-28H2. The van der Waals surface area contributed by atoms with Gasteiger partial charge in [0, 0.05) is 35.1 Å². The quantitative estimate of drug-likeness (QED) is 0.130. The summed E-state index contributed by atoms with van der Waals surface area (Å²) in [5.74, 6) is 0.405. The van der Waals surface area contributed by atoms with Crippen molar-refractivity contribution in [2.24, 2.45) is 9.98 Å². The lowest BCUT2D eigenvalue weighted by Gasteiger charge is -2.21. The van der Waals surface area contributed by atoms with E-state index in [9.17, 15) is 9.59 Å². The smallest absolute Gasteiger partial charge is 0.154 e. The summed E-state index contributed by atoms with van der Waals surface area (Å²) in [4.78, 5) is 35.0. The summed E-state index contributed by atoms with van der Waals surface area (Å²) in [6.07, 6.45) is 9.02. The van der Waals surface area contributed by atoms with Crippen LogP contribution in [0.2, 0.25) is 0 Å². The number of carbonyl (C=O) groups excluding carboxylic acids is 2. The van der Waals surface area contributed by atoms with Crippen LogP contribution in [0.5, 0.6) is 0 Å². The van der Waals surface area contributed by atoms with Crippen LogP contribution in [0.3, 0.4) is 0 Å². The predicted molar refractivity (Wildman–Crippen MR) is 179 cm³/mol. The van der Waals surface area contributed by atoms with E-state index in [-0.39, 0.29) is 24.7 Å². The van der Waals surface area contributed by atoms with E-state index < -0.39 is 0 Å². The first-order chi connectivity index (χ1) is 21.7. The number of ketones is 2. The van der Waals surface area contributed by atoms with E-state index in [1.165, 1.54) is 22.3 Å². The fourth-order valence-corrected chi connectivity index (χ4v) is 6.51. The minimum Gasteiger partial charge on any atom is -0.298 e. The summed E-state index contributed by atoms with van der Waals surface area (Å²) in [5.41, 5.74) is 11.6. The second-order valence-corrected chi connectivity index (χ2v) is 12.0. The van der Waals surface area contributed by atoms with Crippen LogP contribution in [0.15, 0.2) is 107 Å². The molecule has 4 heteroatoms. The molecule has 0 fully saturated rings. The molecule has 0 unspecified atom stereocenters. The van der Waals surface area contributed by atoms with Crippen molar-refractivity contribution in [2.45, 2.75) is 64.2 Å². The fourth-order valence-electron chi connectivity index (χ4n) is 6.51. The zero-order valence-corrected chi connectivity index (χ0v) is 25.4. The number of fused-ring (bicyclic) bond motifs is 4. The number of unbranched alkanes of at least 4 members (excludes halogenated alkanes) is 5. The molecule has 0 N–H and O–H groups in total. The molecule has 4 aromatic rings. The summed E-state index contributed by atoms with van der Waals surface area (Å²) in [6.45, 7) is 0.475. The second kappa shape index (κ2) is 14.4. The Kier molecular flexibility index (Phi) is 9.66. The number of hydrogen-bond acceptors (Lipinski definition) is 4. The molecule has 4 aromatic carbocycles. The van der Waals surface area contributed by atoms with E-state index in [0.29, 0.717) is 12.8 Å². The van der Waals surface area contributed by atoms with E-state index in [1.807, 2.05) is 24.3 Å². The summed E-state index contributed by atoms with van der Waals surface area (Å²) >= 11 is 0. The Labute approximate surface area is 261 Å². The van der Waals surface area contributed by atoms with Crippen LogP contribution in [0, 0.1) is 0 Å². The number of aliphatic imine (C=N–C) groups is 2. The molecule has 0 atom stereocenters. The minimum atomic E-state index is 0.202. The Hall–Kier alpha value is -4.44. The predicted octanol–water partition coefficient (Wildman–Crippen LogP) is 8.13. The van der Waals surface area contributed by atoms with Gasteiger partial charge in [-0.1, -0.05) is 123 Å². The highest BCUT2D eigenvalue weighted by atomic mass is 16.1. The third-order valence-electron chi connectivity index (χ3n) is 8.84. The maximum absolute atomic E-state index is 12.7. The minimum absolute atomic E-state index is 0.202. The van der Waals surface area contributed by atoms with Crippen LogP contribution >= 0.6 is 0 Å². The third kappa shape index (κ3) is 7.02. The first-order valence-electron chi connectivity index (χ1n) is 16.1. The zero-order valence-electron chi connectivity index (χ0n) is 25.4. The van der Waals surface area contributed by atoms with Crippen molar-refractivity contribution in [1.29, 1.82) is 0 Å². The molecule has 0 radical (unpaired) electrons. The third-order valence-corrected chi connectivity index (χ3v) is 8.84. The Morgan fingerprint density at radius 1 is 0.432 bits per heavy atom. The average Bonchev–Trinajstić information content (AvgIpc) is 3.06. The van der Waals surface area contributed by atoms with Gasteiger partial charge in [0.1, 0.15) is 0 Å². The molecule has 0 saturated heterocycles. The topological polar surface area (TPSA) is 58.9 Å². The number of carbonyl (C=O) groups is 2. The Bertz CT molecular complexity index is 1490. The van der Waals surface area contributed by atoms with Crippen LogP contribution < -0.4 is 0 Å². The molecule has 0 aliphatic heterocycles. The molecule has 2 aliphatic carbocycles. The summed E-state index contributed by atoms with van der Waals surface area (Å²) < 4.78 is 0.